The Morgan fingerprint density at radius 3 is 2.41 bits per heavy atom. The van der Waals surface area contributed by atoms with Crippen LogP contribution >= 0.6 is 0 Å². The Bertz CT molecular complexity index is 678. The Labute approximate surface area is 125 Å². The monoisotopic (exact) mass is 305 g/mol. The molecule has 0 atom stereocenters. The molecule has 0 radical (unpaired) electrons. The molecule has 0 unspecified atom stereocenters. The number of benzene rings is 2. The zero-order chi connectivity index (χ0) is 15.9. The van der Waals surface area contributed by atoms with Gasteiger partial charge in [-0.1, -0.05) is 18.2 Å². The predicted octanol–water partition coefficient (Wildman–Crippen LogP) is 1.84. The lowest BCUT2D eigenvalue weighted by Gasteiger charge is -2.09. The topological polar surface area (TPSA) is 70.2 Å². The third-order valence-corrected chi connectivity index (χ3v) is 2.69. The van der Waals surface area contributed by atoms with Crippen LogP contribution in [-0.4, -0.2) is 18.4 Å². The highest BCUT2D eigenvalue weighted by Gasteiger charge is 2.09. The van der Waals surface area contributed by atoms with Crippen molar-refractivity contribution in [3.05, 3.63) is 65.7 Å². The van der Waals surface area contributed by atoms with Crippen LogP contribution in [0.4, 0.5) is 14.5 Å². The summed E-state index contributed by atoms with van der Waals surface area (Å²) in [5.41, 5.74) is 5.06. The number of rotatable bonds is 5. The zero-order valence-electron chi connectivity index (χ0n) is 11.4. The maximum Gasteiger partial charge on any atom is 0.265 e. The van der Waals surface area contributed by atoms with Gasteiger partial charge < -0.3 is 5.32 Å². The average molecular weight is 305 g/mol. The standard InChI is InChI=1S/C15H13F2N3O2/c16-11-6-7-13(12(17)8-11)19-14(21)9-18-20-15(22)10-4-2-1-3-5-10/h1-8,18H,9H2,(H,19,21)(H,20,22). The highest BCUT2D eigenvalue weighted by Crippen LogP contribution is 2.14. The van der Waals surface area contributed by atoms with Crippen molar-refractivity contribution in [2.75, 3.05) is 11.9 Å². The number of carbonyl (C=O) groups is 2. The summed E-state index contributed by atoms with van der Waals surface area (Å²) >= 11 is 0. The SMILES string of the molecule is O=C(CNNC(=O)c1ccccc1)Nc1ccc(F)cc1F. The van der Waals surface area contributed by atoms with Crippen molar-refractivity contribution in [3.63, 3.8) is 0 Å². The summed E-state index contributed by atoms with van der Waals surface area (Å²) in [6.07, 6.45) is 0. The minimum atomic E-state index is -0.873. The first-order valence-corrected chi connectivity index (χ1v) is 6.39. The zero-order valence-corrected chi connectivity index (χ0v) is 11.4. The molecule has 0 aliphatic carbocycles. The third kappa shape index (κ3) is 4.35. The smallest absolute Gasteiger partial charge is 0.265 e. The molecule has 0 spiro atoms. The van der Waals surface area contributed by atoms with Crippen molar-refractivity contribution in [1.29, 1.82) is 0 Å². The summed E-state index contributed by atoms with van der Waals surface area (Å²) in [6, 6.07) is 11.2. The van der Waals surface area contributed by atoms with E-state index in [1.54, 1.807) is 30.3 Å². The molecule has 22 heavy (non-hydrogen) atoms. The van der Waals surface area contributed by atoms with Gasteiger partial charge in [-0.05, 0) is 24.3 Å². The van der Waals surface area contributed by atoms with E-state index in [2.05, 4.69) is 16.2 Å². The Balaban J connectivity index is 1.80. The van der Waals surface area contributed by atoms with Crippen LogP contribution in [0.2, 0.25) is 0 Å². The molecule has 0 aliphatic rings. The highest BCUT2D eigenvalue weighted by molar-refractivity contribution is 5.95. The van der Waals surface area contributed by atoms with Gasteiger partial charge in [0.2, 0.25) is 5.91 Å². The fraction of sp³-hybridized carbons (Fsp3) is 0.0667. The van der Waals surface area contributed by atoms with Gasteiger partial charge in [0, 0.05) is 11.6 Å². The lowest BCUT2D eigenvalue weighted by Crippen LogP contribution is -2.42. The van der Waals surface area contributed by atoms with E-state index in [9.17, 15) is 18.4 Å². The number of hydrogen-bond acceptors (Lipinski definition) is 3. The van der Waals surface area contributed by atoms with Crippen LogP contribution in [0, 0.1) is 11.6 Å². The van der Waals surface area contributed by atoms with Crippen molar-refractivity contribution < 1.29 is 18.4 Å². The second kappa shape index (κ2) is 7.28. The third-order valence-electron chi connectivity index (χ3n) is 2.69. The van der Waals surface area contributed by atoms with Crippen molar-refractivity contribution in [2.45, 2.75) is 0 Å². The van der Waals surface area contributed by atoms with Crippen LogP contribution in [0.3, 0.4) is 0 Å². The summed E-state index contributed by atoms with van der Waals surface area (Å²) in [5, 5.41) is 2.26. The first-order chi connectivity index (χ1) is 10.6. The molecule has 0 aromatic heterocycles. The van der Waals surface area contributed by atoms with Gasteiger partial charge in [-0.2, -0.15) is 0 Å². The molecule has 7 heteroatoms. The van der Waals surface area contributed by atoms with Gasteiger partial charge in [-0.25, -0.2) is 14.2 Å². The Morgan fingerprint density at radius 1 is 1.00 bits per heavy atom. The molecule has 0 saturated heterocycles. The summed E-state index contributed by atoms with van der Waals surface area (Å²) < 4.78 is 26.1. The van der Waals surface area contributed by atoms with Gasteiger partial charge >= 0.3 is 0 Å². The van der Waals surface area contributed by atoms with E-state index < -0.39 is 23.4 Å². The maximum absolute atomic E-state index is 13.3. The Morgan fingerprint density at radius 2 is 1.73 bits per heavy atom. The Kier molecular flexibility index (Phi) is 5.16. The number of halogens is 2. The van der Waals surface area contributed by atoms with Crippen LogP contribution in [0.25, 0.3) is 0 Å². The van der Waals surface area contributed by atoms with Crippen LogP contribution in [0.5, 0.6) is 0 Å². The maximum atomic E-state index is 13.3. The normalized spacial score (nSPS) is 10.1. The number of nitrogens with one attached hydrogen (secondary N) is 3. The molecule has 0 bridgehead atoms. The van der Waals surface area contributed by atoms with Gasteiger partial charge in [-0.15, -0.1) is 0 Å². The fourth-order valence-corrected chi connectivity index (χ4v) is 1.65. The van der Waals surface area contributed by atoms with Crippen LogP contribution in [-0.2, 0) is 4.79 Å². The average Bonchev–Trinajstić information content (AvgIpc) is 2.51. The van der Waals surface area contributed by atoms with E-state index in [4.69, 9.17) is 0 Å². The summed E-state index contributed by atoms with van der Waals surface area (Å²) in [4.78, 5) is 23.3. The molecule has 0 aliphatic heterocycles. The van der Waals surface area contributed by atoms with Crippen molar-refractivity contribution in [3.8, 4) is 0 Å². The summed E-state index contributed by atoms with van der Waals surface area (Å²) in [7, 11) is 0. The Hall–Kier alpha value is -2.80. The quantitative estimate of drug-likeness (QED) is 0.738. The first kappa shape index (κ1) is 15.6. The molecule has 2 rings (SSSR count). The van der Waals surface area contributed by atoms with E-state index in [0.717, 1.165) is 12.1 Å². The minimum Gasteiger partial charge on any atom is -0.322 e. The number of carbonyl (C=O) groups excluding carboxylic acids is 2. The molecular weight excluding hydrogens is 292 g/mol. The van der Waals surface area contributed by atoms with Crippen LogP contribution in [0.1, 0.15) is 10.4 Å². The van der Waals surface area contributed by atoms with E-state index >= 15 is 0 Å². The van der Waals surface area contributed by atoms with Gasteiger partial charge in [0.15, 0.2) is 0 Å². The number of hydrazine groups is 1. The van der Waals surface area contributed by atoms with E-state index in [1.807, 2.05) is 0 Å². The molecule has 2 aromatic rings. The first-order valence-electron chi connectivity index (χ1n) is 6.39. The van der Waals surface area contributed by atoms with Crippen molar-refractivity contribution >= 4 is 17.5 Å². The van der Waals surface area contributed by atoms with E-state index in [1.165, 1.54) is 0 Å². The molecule has 2 aromatic carbocycles. The van der Waals surface area contributed by atoms with Crippen molar-refractivity contribution in [2.24, 2.45) is 0 Å². The predicted molar refractivity (Wildman–Crippen MR) is 76.9 cm³/mol. The highest BCUT2D eigenvalue weighted by atomic mass is 19.1. The molecular formula is C15H13F2N3O2. The molecule has 5 nitrogen and oxygen atoms in total. The van der Waals surface area contributed by atoms with Gasteiger partial charge in [0.25, 0.3) is 5.91 Å². The fourth-order valence-electron chi connectivity index (χ4n) is 1.65. The van der Waals surface area contributed by atoms with E-state index in [0.29, 0.717) is 11.6 Å². The summed E-state index contributed by atoms with van der Waals surface area (Å²) in [6.45, 7) is -0.268. The number of anilines is 1. The summed E-state index contributed by atoms with van der Waals surface area (Å²) in [5.74, 6) is -2.59. The number of amides is 2. The lowest BCUT2D eigenvalue weighted by atomic mass is 10.2. The molecule has 2 amide bonds. The van der Waals surface area contributed by atoms with Gasteiger partial charge in [0.05, 0.1) is 12.2 Å². The molecule has 114 valence electrons. The minimum absolute atomic E-state index is 0.136. The second-order valence-corrected chi connectivity index (χ2v) is 4.35. The number of hydrogen-bond donors (Lipinski definition) is 3. The lowest BCUT2D eigenvalue weighted by molar-refractivity contribution is -0.115. The van der Waals surface area contributed by atoms with Crippen LogP contribution < -0.4 is 16.2 Å². The molecule has 0 fully saturated rings. The molecule has 0 heterocycles. The van der Waals surface area contributed by atoms with Gasteiger partial charge in [-0.3, -0.25) is 15.0 Å². The molecule has 3 N–H and O–H groups in total. The van der Waals surface area contributed by atoms with E-state index in [-0.39, 0.29) is 12.2 Å². The molecule has 0 saturated carbocycles. The second-order valence-electron chi connectivity index (χ2n) is 4.35. The largest absolute Gasteiger partial charge is 0.322 e. The van der Waals surface area contributed by atoms with Crippen LogP contribution in [0.15, 0.2) is 48.5 Å². The van der Waals surface area contributed by atoms with Crippen molar-refractivity contribution in [1.82, 2.24) is 10.9 Å². The van der Waals surface area contributed by atoms with Gasteiger partial charge in [0.1, 0.15) is 11.6 Å².